The van der Waals surface area contributed by atoms with Crippen LogP contribution in [0, 0.1) is 40.5 Å². The van der Waals surface area contributed by atoms with Crippen molar-refractivity contribution in [2.75, 3.05) is 18.4 Å². The van der Waals surface area contributed by atoms with Crippen molar-refractivity contribution >= 4 is 21.6 Å². The Morgan fingerprint density at radius 1 is 1.21 bits per heavy atom. The Morgan fingerprint density at radius 2 is 1.93 bits per heavy atom. The number of nitrogens with zero attached hydrogens (tertiary/aromatic N) is 3. The normalized spacial score (nSPS) is 18.2. The Labute approximate surface area is 165 Å². The van der Waals surface area contributed by atoms with Crippen LogP contribution in [0.5, 0.6) is 0 Å². The second-order valence-electron chi connectivity index (χ2n) is 7.39. The number of pyridine rings is 1. The lowest BCUT2D eigenvalue weighted by Crippen LogP contribution is -2.44. The summed E-state index contributed by atoms with van der Waals surface area (Å²) in [6.07, 6.45) is 1.25. The van der Waals surface area contributed by atoms with Gasteiger partial charge in [-0.3, -0.25) is 9.78 Å². The molecule has 2 aromatic heterocycles. The maximum Gasteiger partial charge on any atom is 0.248 e. The van der Waals surface area contributed by atoms with Crippen LogP contribution in [-0.2, 0) is 14.8 Å². The van der Waals surface area contributed by atoms with Gasteiger partial charge in [0, 0.05) is 18.8 Å². The topological polar surface area (TPSA) is 105 Å². The zero-order valence-corrected chi connectivity index (χ0v) is 17.7. The van der Waals surface area contributed by atoms with Crippen molar-refractivity contribution in [3.63, 3.8) is 0 Å². The number of amides is 1. The van der Waals surface area contributed by atoms with Gasteiger partial charge in [-0.25, -0.2) is 8.42 Å². The van der Waals surface area contributed by atoms with E-state index in [1.807, 2.05) is 26.8 Å². The Bertz CT molecular complexity index is 970. The van der Waals surface area contributed by atoms with Gasteiger partial charge in [0.05, 0.1) is 17.3 Å². The van der Waals surface area contributed by atoms with Gasteiger partial charge in [-0.05, 0) is 59.1 Å². The number of rotatable bonds is 4. The first kappa shape index (κ1) is 20.5. The van der Waals surface area contributed by atoms with Crippen LogP contribution in [0.2, 0.25) is 0 Å². The lowest BCUT2D eigenvalue weighted by atomic mass is 9.98. The van der Waals surface area contributed by atoms with Crippen molar-refractivity contribution in [1.29, 1.82) is 0 Å². The number of carbonyl (C=O) groups is 1. The molecule has 152 valence electrons. The number of hydrogen-bond acceptors (Lipinski definition) is 6. The largest absolute Gasteiger partial charge is 0.360 e. The minimum atomic E-state index is -3.76. The Hall–Kier alpha value is -2.26. The van der Waals surface area contributed by atoms with Crippen LogP contribution in [0.15, 0.2) is 15.5 Å². The van der Waals surface area contributed by atoms with Gasteiger partial charge in [-0.2, -0.15) is 4.31 Å². The van der Waals surface area contributed by atoms with E-state index in [1.54, 1.807) is 13.8 Å². The van der Waals surface area contributed by atoms with Crippen LogP contribution < -0.4 is 5.32 Å². The summed E-state index contributed by atoms with van der Waals surface area (Å²) in [7, 11) is -3.76. The van der Waals surface area contributed by atoms with Gasteiger partial charge in [0.2, 0.25) is 15.9 Å². The lowest BCUT2D eigenvalue weighted by Gasteiger charge is -2.31. The van der Waals surface area contributed by atoms with Crippen molar-refractivity contribution < 1.29 is 17.7 Å². The molecule has 1 aliphatic rings. The molecule has 1 aliphatic heterocycles. The van der Waals surface area contributed by atoms with Gasteiger partial charge in [-0.15, -0.1) is 0 Å². The predicted octanol–water partition coefficient (Wildman–Crippen LogP) is 2.65. The number of piperidine rings is 1. The van der Waals surface area contributed by atoms with Crippen LogP contribution in [-0.4, -0.2) is 41.9 Å². The second-order valence-corrected chi connectivity index (χ2v) is 9.26. The number of sulfonamides is 1. The van der Waals surface area contributed by atoms with Gasteiger partial charge in [0.1, 0.15) is 10.6 Å². The SMILES string of the molecule is Cc1cc(C)c(NC(=O)C2CCCN(S(=O)(=O)c3c(C)noc3C)C2)c(C)n1. The first-order valence-corrected chi connectivity index (χ1v) is 10.7. The summed E-state index contributed by atoms with van der Waals surface area (Å²) in [5.41, 5.74) is 3.61. The van der Waals surface area contributed by atoms with Gasteiger partial charge >= 0.3 is 0 Å². The fraction of sp³-hybridized carbons (Fsp3) is 0.526. The Kier molecular flexibility index (Phi) is 5.58. The molecule has 1 amide bonds. The molecule has 0 saturated carbocycles. The number of hydrogen-bond donors (Lipinski definition) is 1. The molecule has 2 aromatic rings. The van der Waals surface area contributed by atoms with Gasteiger partial charge in [0.15, 0.2) is 5.76 Å². The number of aryl methyl sites for hydroxylation is 5. The summed E-state index contributed by atoms with van der Waals surface area (Å²) in [5.74, 6) is -0.347. The molecule has 28 heavy (non-hydrogen) atoms. The molecule has 3 heterocycles. The first-order valence-electron chi connectivity index (χ1n) is 9.30. The minimum Gasteiger partial charge on any atom is -0.360 e. The highest BCUT2D eigenvalue weighted by Gasteiger charge is 2.36. The highest BCUT2D eigenvalue weighted by molar-refractivity contribution is 7.89. The van der Waals surface area contributed by atoms with Gasteiger partial charge in [-0.1, -0.05) is 5.16 Å². The van der Waals surface area contributed by atoms with E-state index in [9.17, 15) is 13.2 Å². The summed E-state index contributed by atoms with van der Waals surface area (Å²) >= 11 is 0. The van der Waals surface area contributed by atoms with E-state index in [2.05, 4.69) is 15.5 Å². The van der Waals surface area contributed by atoms with Crippen molar-refractivity contribution in [3.8, 4) is 0 Å². The molecular formula is C19H26N4O4S. The lowest BCUT2D eigenvalue weighted by molar-refractivity contribution is -0.120. The summed E-state index contributed by atoms with van der Waals surface area (Å²) in [5, 5.41) is 6.70. The van der Waals surface area contributed by atoms with E-state index < -0.39 is 15.9 Å². The molecule has 1 saturated heterocycles. The zero-order valence-electron chi connectivity index (χ0n) is 16.9. The van der Waals surface area contributed by atoms with E-state index in [-0.39, 0.29) is 23.1 Å². The molecule has 0 spiro atoms. The molecule has 0 aliphatic carbocycles. The maximum atomic E-state index is 13.0. The quantitative estimate of drug-likeness (QED) is 0.837. The van der Waals surface area contributed by atoms with E-state index >= 15 is 0 Å². The fourth-order valence-electron chi connectivity index (χ4n) is 3.78. The number of anilines is 1. The first-order chi connectivity index (χ1) is 13.1. The highest BCUT2D eigenvalue weighted by atomic mass is 32.2. The van der Waals surface area contributed by atoms with Crippen LogP contribution >= 0.6 is 0 Å². The molecule has 1 unspecified atom stereocenters. The van der Waals surface area contributed by atoms with Crippen LogP contribution in [0.1, 0.15) is 41.2 Å². The van der Waals surface area contributed by atoms with Crippen LogP contribution in [0.3, 0.4) is 0 Å². The molecule has 1 fully saturated rings. The summed E-state index contributed by atoms with van der Waals surface area (Å²) in [6.45, 7) is 9.38. The molecular weight excluding hydrogens is 380 g/mol. The average molecular weight is 407 g/mol. The molecule has 1 N–H and O–H groups in total. The molecule has 1 atom stereocenters. The van der Waals surface area contributed by atoms with E-state index in [0.717, 1.165) is 17.0 Å². The zero-order chi connectivity index (χ0) is 20.6. The smallest absolute Gasteiger partial charge is 0.248 e. The van der Waals surface area contributed by atoms with Crippen LogP contribution in [0.25, 0.3) is 0 Å². The Morgan fingerprint density at radius 3 is 2.54 bits per heavy atom. The standard InChI is InChI=1S/C19H26N4O4S/c1-11-9-12(2)20-13(3)17(11)21-19(24)16-7-6-8-23(10-16)28(25,26)18-14(4)22-27-15(18)5/h9,16H,6-8,10H2,1-5H3,(H,21,24). The fourth-order valence-corrected chi connectivity index (χ4v) is 5.60. The number of carbonyl (C=O) groups excluding carboxylic acids is 1. The van der Waals surface area contributed by atoms with Crippen molar-refractivity contribution in [2.24, 2.45) is 5.92 Å². The minimum absolute atomic E-state index is 0.1000. The molecule has 9 heteroatoms. The third-order valence-corrected chi connectivity index (χ3v) is 7.20. The van der Waals surface area contributed by atoms with E-state index in [0.29, 0.717) is 30.8 Å². The van der Waals surface area contributed by atoms with Crippen molar-refractivity contribution in [2.45, 2.75) is 52.4 Å². The Balaban J connectivity index is 1.79. The number of nitrogens with one attached hydrogen (secondary N) is 1. The molecule has 8 nitrogen and oxygen atoms in total. The molecule has 0 radical (unpaired) electrons. The van der Waals surface area contributed by atoms with Gasteiger partial charge < -0.3 is 9.84 Å². The van der Waals surface area contributed by atoms with Crippen molar-refractivity contribution in [3.05, 3.63) is 34.5 Å². The predicted molar refractivity (Wildman–Crippen MR) is 105 cm³/mol. The van der Waals surface area contributed by atoms with E-state index in [4.69, 9.17) is 4.52 Å². The molecule has 3 rings (SSSR count). The third kappa shape index (κ3) is 3.81. The van der Waals surface area contributed by atoms with E-state index in [1.165, 1.54) is 4.31 Å². The number of aromatic nitrogens is 2. The summed E-state index contributed by atoms with van der Waals surface area (Å²) in [6, 6.07) is 1.91. The average Bonchev–Trinajstić information content (AvgIpc) is 2.97. The van der Waals surface area contributed by atoms with Gasteiger partial charge in [0.25, 0.3) is 0 Å². The molecule has 0 aromatic carbocycles. The second kappa shape index (κ2) is 7.63. The third-order valence-electron chi connectivity index (χ3n) is 5.09. The highest BCUT2D eigenvalue weighted by Crippen LogP contribution is 2.29. The monoisotopic (exact) mass is 406 g/mol. The summed E-state index contributed by atoms with van der Waals surface area (Å²) in [4.78, 5) is 17.4. The van der Waals surface area contributed by atoms with Crippen LogP contribution in [0.4, 0.5) is 5.69 Å². The maximum absolute atomic E-state index is 13.0. The van der Waals surface area contributed by atoms with Crippen molar-refractivity contribution in [1.82, 2.24) is 14.4 Å². The molecule has 0 bridgehead atoms. The summed E-state index contributed by atoms with van der Waals surface area (Å²) < 4.78 is 32.5.